The molecule has 4 aromatic rings. The first-order chi connectivity index (χ1) is 15.1. The molecule has 0 bridgehead atoms. The van der Waals surface area contributed by atoms with Crippen LogP contribution in [0, 0.1) is 0 Å². The molecule has 2 amide bonds. The van der Waals surface area contributed by atoms with E-state index in [1.807, 2.05) is 36.6 Å². The largest absolute Gasteiger partial charge is 0.487 e. The molecule has 0 saturated heterocycles. The number of nitrogens with zero attached hydrogens (tertiary/aromatic N) is 2. The summed E-state index contributed by atoms with van der Waals surface area (Å²) in [5.74, 6) is 0.553. The molecule has 8 heteroatoms. The maximum Gasteiger partial charge on any atom is 0.323 e. The zero-order valence-corrected chi connectivity index (χ0v) is 17.6. The van der Waals surface area contributed by atoms with E-state index in [4.69, 9.17) is 4.74 Å². The minimum atomic E-state index is -0.348. The first-order valence-corrected chi connectivity index (χ1v) is 10.8. The fourth-order valence-electron chi connectivity index (χ4n) is 2.99. The lowest BCUT2D eigenvalue weighted by Gasteiger charge is -2.11. The van der Waals surface area contributed by atoms with Crippen LogP contribution in [-0.4, -0.2) is 21.7 Å². The van der Waals surface area contributed by atoms with Crippen molar-refractivity contribution in [2.45, 2.75) is 11.5 Å². The zero-order chi connectivity index (χ0) is 21.6. The summed E-state index contributed by atoms with van der Waals surface area (Å²) in [6.45, 7) is 0.137. The number of benzene rings is 2. The Morgan fingerprint density at radius 2 is 1.77 bits per heavy atom. The van der Waals surface area contributed by atoms with E-state index in [1.54, 1.807) is 54.4 Å². The van der Waals surface area contributed by atoms with E-state index in [1.165, 1.54) is 10.5 Å². The van der Waals surface area contributed by atoms with Gasteiger partial charge in [-0.1, -0.05) is 18.2 Å². The average molecular weight is 433 g/mol. The third-order valence-corrected chi connectivity index (χ3v) is 5.16. The quantitative estimate of drug-likeness (QED) is 0.434. The summed E-state index contributed by atoms with van der Waals surface area (Å²) in [4.78, 5) is 30.0. The van der Waals surface area contributed by atoms with Gasteiger partial charge in [-0.05, 0) is 48.7 Å². The van der Waals surface area contributed by atoms with Crippen LogP contribution in [0.4, 0.5) is 16.2 Å². The van der Waals surface area contributed by atoms with Crippen molar-refractivity contribution in [3.8, 4) is 5.75 Å². The van der Waals surface area contributed by atoms with E-state index in [0.29, 0.717) is 28.5 Å². The zero-order valence-electron chi connectivity index (χ0n) is 16.7. The van der Waals surface area contributed by atoms with Crippen molar-refractivity contribution in [1.29, 1.82) is 0 Å². The monoisotopic (exact) mass is 432 g/mol. The number of anilines is 2. The number of ether oxygens (including phenoxy) is 1. The predicted octanol–water partition coefficient (Wildman–Crippen LogP) is 4.64. The van der Waals surface area contributed by atoms with Gasteiger partial charge in [-0.2, -0.15) is 0 Å². The maximum atomic E-state index is 12.3. The van der Waals surface area contributed by atoms with E-state index >= 15 is 0 Å². The first kappa shape index (κ1) is 20.5. The Balaban J connectivity index is 1.40. The molecule has 156 valence electrons. The highest BCUT2D eigenvalue weighted by atomic mass is 32.2. The third kappa shape index (κ3) is 5.23. The lowest BCUT2D eigenvalue weighted by atomic mass is 10.3. The molecule has 7 nitrogen and oxygen atoms in total. The average Bonchev–Trinajstić information content (AvgIpc) is 2.78. The van der Waals surface area contributed by atoms with Gasteiger partial charge >= 0.3 is 6.03 Å². The highest BCUT2D eigenvalue weighted by Gasteiger charge is 2.06. The van der Waals surface area contributed by atoms with Crippen molar-refractivity contribution in [2.24, 2.45) is 0 Å². The Kier molecular flexibility index (Phi) is 6.18. The molecule has 0 spiro atoms. The molecule has 0 unspecified atom stereocenters. The molecular formula is C23H20N4O3S. The van der Waals surface area contributed by atoms with E-state index in [-0.39, 0.29) is 18.2 Å². The van der Waals surface area contributed by atoms with Crippen LogP contribution in [0.2, 0.25) is 0 Å². The summed E-state index contributed by atoms with van der Waals surface area (Å²) >= 11 is 1.61. The van der Waals surface area contributed by atoms with Gasteiger partial charge in [-0.3, -0.25) is 9.20 Å². The SMILES string of the molecule is CSc1cccc(NC(=O)Nc2cccc(OCc3cc(=O)n4ccccc4n3)c2)c1. The van der Waals surface area contributed by atoms with Crippen LogP contribution in [0.15, 0.2) is 88.7 Å². The smallest absolute Gasteiger partial charge is 0.323 e. The summed E-state index contributed by atoms with van der Waals surface area (Å²) in [5.41, 5.74) is 2.22. The number of pyridine rings is 1. The molecule has 4 rings (SSSR count). The van der Waals surface area contributed by atoms with Gasteiger partial charge in [0, 0.05) is 34.6 Å². The Morgan fingerprint density at radius 3 is 2.58 bits per heavy atom. The van der Waals surface area contributed by atoms with Crippen LogP contribution < -0.4 is 20.9 Å². The number of aromatic nitrogens is 2. The second-order valence-electron chi connectivity index (χ2n) is 6.64. The van der Waals surface area contributed by atoms with E-state index < -0.39 is 0 Å². The Labute approximate surface area is 183 Å². The second kappa shape index (κ2) is 9.36. The molecular weight excluding hydrogens is 412 g/mol. The fourth-order valence-corrected chi connectivity index (χ4v) is 3.45. The van der Waals surface area contributed by atoms with Crippen LogP contribution in [0.3, 0.4) is 0 Å². The molecule has 0 atom stereocenters. The summed E-state index contributed by atoms with van der Waals surface area (Å²) in [7, 11) is 0. The molecule has 0 radical (unpaired) electrons. The van der Waals surface area contributed by atoms with Crippen molar-refractivity contribution < 1.29 is 9.53 Å². The second-order valence-corrected chi connectivity index (χ2v) is 7.52. The maximum absolute atomic E-state index is 12.3. The number of fused-ring (bicyclic) bond motifs is 1. The topological polar surface area (TPSA) is 84.7 Å². The standard InChI is InChI=1S/C23H20N4O3S/c1-31-20-9-5-7-17(13-20)26-23(29)25-16-6-4-8-19(12-16)30-15-18-14-22(28)27-11-3-2-10-21(27)24-18/h2-14H,15H2,1H3,(H2,25,26,29). The van der Waals surface area contributed by atoms with Crippen LogP contribution in [0.5, 0.6) is 5.75 Å². The Morgan fingerprint density at radius 1 is 1.00 bits per heavy atom. The number of hydrogen-bond acceptors (Lipinski definition) is 5. The van der Waals surface area contributed by atoms with E-state index in [0.717, 1.165) is 4.90 Å². The fraction of sp³-hybridized carbons (Fsp3) is 0.0870. The Bertz CT molecular complexity index is 1290. The lowest BCUT2D eigenvalue weighted by molar-refractivity contribution is 0.262. The number of rotatable bonds is 6. The van der Waals surface area contributed by atoms with Gasteiger partial charge in [0.15, 0.2) is 0 Å². The number of amides is 2. The number of nitrogens with one attached hydrogen (secondary N) is 2. The molecule has 0 aliphatic carbocycles. The summed E-state index contributed by atoms with van der Waals surface area (Å²) < 4.78 is 7.26. The molecule has 0 aliphatic heterocycles. The van der Waals surface area contributed by atoms with Crippen molar-refractivity contribution >= 4 is 34.8 Å². The van der Waals surface area contributed by atoms with Crippen molar-refractivity contribution in [3.05, 3.63) is 95.0 Å². The highest BCUT2D eigenvalue weighted by molar-refractivity contribution is 7.98. The summed E-state index contributed by atoms with van der Waals surface area (Å²) in [5, 5.41) is 5.61. The molecule has 0 fully saturated rings. The van der Waals surface area contributed by atoms with Gasteiger partial charge in [0.25, 0.3) is 5.56 Å². The summed E-state index contributed by atoms with van der Waals surface area (Å²) in [6.07, 6.45) is 3.65. The molecule has 0 aliphatic rings. The molecule has 2 N–H and O–H groups in total. The first-order valence-electron chi connectivity index (χ1n) is 9.53. The van der Waals surface area contributed by atoms with Gasteiger partial charge in [-0.15, -0.1) is 11.8 Å². The number of carbonyl (C=O) groups excluding carboxylic acids is 1. The number of urea groups is 1. The molecule has 31 heavy (non-hydrogen) atoms. The molecule has 2 aromatic heterocycles. The van der Waals surface area contributed by atoms with Crippen LogP contribution in [0.1, 0.15) is 5.69 Å². The molecule has 2 aromatic carbocycles. The normalized spacial score (nSPS) is 10.6. The number of carbonyl (C=O) groups is 1. The predicted molar refractivity (Wildman–Crippen MR) is 123 cm³/mol. The van der Waals surface area contributed by atoms with Crippen LogP contribution in [0.25, 0.3) is 5.65 Å². The minimum absolute atomic E-state index is 0.137. The minimum Gasteiger partial charge on any atom is -0.487 e. The van der Waals surface area contributed by atoms with E-state index in [9.17, 15) is 9.59 Å². The van der Waals surface area contributed by atoms with Gasteiger partial charge in [0.2, 0.25) is 0 Å². The lowest BCUT2D eigenvalue weighted by Crippen LogP contribution is -2.19. The molecule has 0 saturated carbocycles. The van der Waals surface area contributed by atoms with Crippen molar-refractivity contribution in [2.75, 3.05) is 16.9 Å². The van der Waals surface area contributed by atoms with Crippen LogP contribution >= 0.6 is 11.8 Å². The van der Waals surface area contributed by atoms with Crippen LogP contribution in [-0.2, 0) is 6.61 Å². The Hall–Kier alpha value is -3.78. The van der Waals surface area contributed by atoms with Gasteiger partial charge in [0.05, 0.1) is 5.69 Å². The van der Waals surface area contributed by atoms with Crippen molar-refractivity contribution in [1.82, 2.24) is 9.38 Å². The number of hydrogen-bond donors (Lipinski definition) is 2. The molecule has 2 heterocycles. The van der Waals surface area contributed by atoms with Gasteiger partial charge < -0.3 is 15.4 Å². The highest BCUT2D eigenvalue weighted by Crippen LogP contribution is 2.21. The summed E-state index contributed by atoms with van der Waals surface area (Å²) in [6, 6.07) is 21.1. The van der Waals surface area contributed by atoms with Crippen molar-refractivity contribution in [3.63, 3.8) is 0 Å². The van der Waals surface area contributed by atoms with Gasteiger partial charge in [0.1, 0.15) is 18.0 Å². The van der Waals surface area contributed by atoms with E-state index in [2.05, 4.69) is 15.6 Å². The van der Waals surface area contributed by atoms with Gasteiger partial charge in [-0.25, -0.2) is 9.78 Å². The number of thioether (sulfide) groups is 1. The third-order valence-electron chi connectivity index (χ3n) is 4.43.